The summed E-state index contributed by atoms with van der Waals surface area (Å²) in [6.07, 6.45) is 0.745. The van der Waals surface area contributed by atoms with Crippen molar-refractivity contribution in [3.05, 3.63) is 84.4 Å². The summed E-state index contributed by atoms with van der Waals surface area (Å²) < 4.78 is 40.2. The lowest BCUT2D eigenvalue weighted by Crippen LogP contribution is -2.56. The topological polar surface area (TPSA) is 155 Å². The molecule has 0 saturated carbocycles. The highest BCUT2D eigenvalue weighted by Gasteiger charge is 2.38. The van der Waals surface area contributed by atoms with Gasteiger partial charge < -0.3 is 29.5 Å². The number of carbonyl (C=O) groups excluding carboxylic acids is 4. The Labute approximate surface area is 286 Å². The predicted molar refractivity (Wildman–Crippen MR) is 182 cm³/mol. The van der Waals surface area contributed by atoms with Gasteiger partial charge in [-0.05, 0) is 82.1 Å². The molecule has 0 aromatic heterocycles. The van der Waals surface area contributed by atoms with Gasteiger partial charge in [-0.1, -0.05) is 30.3 Å². The Morgan fingerprint density at radius 1 is 0.816 bits per heavy atom. The number of rotatable bonds is 9. The fourth-order valence-electron chi connectivity index (χ4n) is 5.57. The van der Waals surface area contributed by atoms with Crippen molar-refractivity contribution in [2.45, 2.75) is 50.2 Å². The summed E-state index contributed by atoms with van der Waals surface area (Å²) in [6.45, 7) is 6.80. The number of nitrogens with zero attached hydrogens (tertiary/aromatic N) is 3. The molecule has 2 saturated heterocycles. The van der Waals surface area contributed by atoms with Crippen LogP contribution in [0.1, 0.15) is 44.0 Å². The maximum absolute atomic E-state index is 13.4. The smallest absolute Gasteiger partial charge is 0.410 e. The van der Waals surface area contributed by atoms with Crippen LogP contribution in [0.25, 0.3) is 0 Å². The zero-order chi connectivity index (χ0) is 35.2. The summed E-state index contributed by atoms with van der Waals surface area (Å²) >= 11 is 0. The number of benzene rings is 3. The first-order chi connectivity index (χ1) is 23.3. The van der Waals surface area contributed by atoms with Crippen molar-refractivity contribution >= 4 is 39.5 Å². The number of hydrogen-bond acceptors (Lipinski definition) is 8. The van der Waals surface area contributed by atoms with Gasteiger partial charge in [-0.15, -0.1) is 0 Å². The van der Waals surface area contributed by atoms with Crippen molar-refractivity contribution in [3.8, 4) is 11.5 Å². The summed E-state index contributed by atoms with van der Waals surface area (Å²) in [5.41, 5.74) is -0.206. The van der Waals surface area contributed by atoms with Gasteiger partial charge in [-0.2, -0.15) is 0 Å². The van der Waals surface area contributed by atoms with Gasteiger partial charge in [0, 0.05) is 38.3 Å². The van der Waals surface area contributed by atoms with E-state index in [1.165, 1.54) is 29.2 Å². The molecule has 2 heterocycles. The zero-order valence-corrected chi connectivity index (χ0v) is 28.6. The molecule has 4 amide bonds. The third-order valence-electron chi connectivity index (χ3n) is 8.03. The van der Waals surface area contributed by atoms with E-state index in [1.54, 1.807) is 79.1 Å². The molecule has 0 aliphatic carbocycles. The lowest BCUT2D eigenvalue weighted by atomic mass is 10.1. The minimum absolute atomic E-state index is 0.0695. The Balaban J connectivity index is 1.13. The molecule has 260 valence electrons. The first-order valence-electron chi connectivity index (χ1n) is 16.1. The fraction of sp³-hybridized carbons (Fsp3) is 0.371. The molecule has 2 N–H and O–H groups in total. The van der Waals surface area contributed by atoms with Gasteiger partial charge in [0.1, 0.15) is 17.4 Å². The van der Waals surface area contributed by atoms with E-state index in [4.69, 9.17) is 9.47 Å². The Bertz CT molecular complexity index is 1770. The van der Waals surface area contributed by atoms with Crippen LogP contribution in [0.5, 0.6) is 11.5 Å². The highest BCUT2D eigenvalue weighted by molar-refractivity contribution is 7.92. The monoisotopic (exact) mass is 691 g/mol. The number of para-hydroxylation sites is 3. The highest BCUT2D eigenvalue weighted by Crippen LogP contribution is 2.31. The quantitative estimate of drug-likeness (QED) is 0.340. The third-order valence-corrected chi connectivity index (χ3v) is 9.41. The minimum Gasteiger partial charge on any atom is -0.455 e. The summed E-state index contributed by atoms with van der Waals surface area (Å²) in [4.78, 5) is 56.4. The maximum atomic E-state index is 13.4. The first-order valence-corrected chi connectivity index (χ1v) is 17.6. The van der Waals surface area contributed by atoms with Crippen molar-refractivity contribution in [1.29, 1.82) is 0 Å². The van der Waals surface area contributed by atoms with E-state index in [2.05, 4.69) is 10.0 Å². The molecule has 0 spiro atoms. The normalized spacial score (nSPS) is 16.6. The van der Waals surface area contributed by atoms with Crippen LogP contribution in [0.2, 0.25) is 0 Å². The number of anilines is 1. The number of nitrogens with one attached hydrogen (secondary N) is 2. The minimum atomic E-state index is -4.03. The summed E-state index contributed by atoms with van der Waals surface area (Å²) in [6, 6.07) is 20.3. The van der Waals surface area contributed by atoms with Crippen LogP contribution in [0.3, 0.4) is 0 Å². The molecule has 2 aliphatic heterocycles. The van der Waals surface area contributed by atoms with Crippen LogP contribution in [0.15, 0.2) is 83.8 Å². The second kappa shape index (κ2) is 15.0. The van der Waals surface area contributed by atoms with Gasteiger partial charge in [-0.25, -0.2) is 13.2 Å². The second-order valence-corrected chi connectivity index (χ2v) is 14.4. The van der Waals surface area contributed by atoms with Crippen molar-refractivity contribution in [2.24, 2.45) is 0 Å². The van der Waals surface area contributed by atoms with Gasteiger partial charge in [0.05, 0.1) is 17.1 Å². The van der Waals surface area contributed by atoms with E-state index in [0.717, 1.165) is 0 Å². The van der Waals surface area contributed by atoms with E-state index < -0.39 is 39.6 Å². The number of hydrogen-bond donors (Lipinski definition) is 2. The van der Waals surface area contributed by atoms with Gasteiger partial charge in [0.2, 0.25) is 11.8 Å². The average molecular weight is 692 g/mol. The molecular weight excluding hydrogens is 650 g/mol. The van der Waals surface area contributed by atoms with E-state index in [1.807, 2.05) is 6.07 Å². The summed E-state index contributed by atoms with van der Waals surface area (Å²) in [5.74, 6) is -0.269. The molecule has 0 radical (unpaired) electrons. The predicted octanol–water partition coefficient (Wildman–Crippen LogP) is 4.08. The third kappa shape index (κ3) is 9.08. The molecular formula is C35H41N5O8S. The van der Waals surface area contributed by atoms with E-state index in [9.17, 15) is 27.6 Å². The second-order valence-electron chi connectivity index (χ2n) is 12.8. The number of piperazine rings is 1. The molecule has 3 aromatic carbocycles. The summed E-state index contributed by atoms with van der Waals surface area (Å²) in [5, 5.41) is 2.59. The molecule has 49 heavy (non-hydrogen) atoms. The Morgan fingerprint density at radius 3 is 2.12 bits per heavy atom. The molecule has 0 bridgehead atoms. The van der Waals surface area contributed by atoms with Gasteiger partial charge in [0.25, 0.3) is 15.9 Å². The van der Waals surface area contributed by atoms with E-state index in [-0.39, 0.29) is 28.6 Å². The van der Waals surface area contributed by atoms with Crippen LogP contribution < -0.4 is 14.8 Å². The van der Waals surface area contributed by atoms with Crippen LogP contribution in [-0.4, -0.2) is 97.8 Å². The molecule has 2 aliphatic rings. The number of likely N-dealkylation sites (tertiary alicyclic amines) is 1. The van der Waals surface area contributed by atoms with Gasteiger partial charge >= 0.3 is 6.09 Å². The molecule has 1 atom stereocenters. The lowest BCUT2D eigenvalue weighted by Gasteiger charge is -2.37. The van der Waals surface area contributed by atoms with Crippen LogP contribution >= 0.6 is 0 Å². The zero-order valence-electron chi connectivity index (χ0n) is 27.8. The van der Waals surface area contributed by atoms with Crippen LogP contribution in [-0.2, 0) is 24.3 Å². The Hall–Kier alpha value is -5.11. The molecule has 1 unspecified atom stereocenters. The van der Waals surface area contributed by atoms with Crippen LogP contribution in [0, 0.1) is 0 Å². The number of amides is 4. The van der Waals surface area contributed by atoms with E-state index >= 15 is 0 Å². The molecule has 2 fully saturated rings. The molecule has 13 nitrogen and oxygen atoms in total. The first kappa shape index (κ1) is 35.2. The fourth-order valence-corrected chi connectivity index (χ4v) is 6.64. The molecule has 14 heteroatoms. The average Bonchev–Trinajstić information content (AvgIpc) is 3.58. The molecule has 5 rings (SSSR count). The van der Waals surface area contributed by atoms with Gasteiger partial charge in [0.15, 0.2) is 5.75 Å². The SMILES string of the molecule is CC(C)(C)OC(=O)N1CCN(C(=O)C2CCCN2C(=O)CNC(=O)c2ccc(S(=O)(=O)Nc3ccccc3Oc3ccccc3)cc2)CC1. The highest BCUT2D eigenvalue weighted by atomic mass is 32.2. The standard InChI is InChI=1S/C35H41N5O8S/c1-35(2,3)48-34(44)39-22-20-38(21-23-39)33(43)29-13-9-19-40(29)31(41)24-36-32(42)25-15-17-27(18-16-25)49(45,46)37-28-12-7-8-14-30(28)47-26-10-5-4-6-11-26/h4-8,10-12,14-18,29,37H,9,13,19-24H2,1-3H3,(H,36,42). The van der Waals surface area contributed by atoms with Crippen molar-refractivity contribution in [1.82, 2.24) is 20.0 Å². The summed E-state index contributed by atoms with van der Waals surface area (Å²) in [7, 11) is -4.03. The van der Waals surface area contributed by atoms with Crippen molar-refractivity contribution < 1.29 is 37.1 Å². The van der Waals surface area contributed by atoms with E-state index in [0.29, 0.717) is 57.1 Å². The van der Waals surface area contributed by atoms with Crippen molar-refractivity contribution in [2.75, 3.05) is 44.0 Å². The Kier molecular flexibility index (Phi) is 10.8. The largest absolute Gasteiger partial charge is 0.455 e. The Morgan fingerprint density at radius 2 is 1.45 bits per heavy atom. The number of sulfonamides is 1. The van der Waals surface area contributed by atoms with Crippen LogP contribution in [0.4, 0.5) is 10.5 Å². The van der Waals surface area contributed by atoms with Crippen molar-refractivity contribution in [3.63, 3.8) is 0 Å². The number of ether oxygens (including phenoxy) is 2. The number of carbonyl (C=O) groups is 4. The maximum Gasteiger partial charge on any atom is 0.410 e. The van der Waals surface area contributed by atoms with Gasteiger partial charge in [-0.3, -0.25) is 19.1 Å². The molecule has 3 aromatic rings. The lowest BCUT2D eigenvalue weighted by molar-refractivity contribution is -0.144.